The molecule has 6 heteroatoms. The molecule has 6 nitrogen and oxygen atoms in total. The SMILES string of the molecule is CC(C)CC(NC(=O)C(NCCN)C(C)C)C(=O)Nc1ccccc1. The molecule has 1 aromatic rings. The number of benzene rings is 1. The first-order valence-electron chi connectivity index (χ1n) is 8.94. The van der Waals surface area contributed by atoms with Gasteiger partial charge in [0.25, 0.3) is 0 Å². The highest BCUT2D eigenvalue weighted by molar-refractivity contribution is 5.97. The van der Waals surface area contributed by atoms with Crippen molar-refractivity contribution in [3.63, 3.8) is 0 Å². The molecule has 0 saturated heterocycles. The Morgan fingerprint density at radius 2 is 1.68 bits per heavy atom. The van der Waals surface area contributed by atoms with Gasteiger partial charge >= 0.3 is 0 Å². The smallest absolute Gasteiger partial charge is 0.246 e. The van der Waals surface area contributed by atoms with Gasteiger partial charge in [-0.1, -0.05) is 45.9 Å². The Balaban J connectivity index is 2.79. The molecule has 0 aliphatic rings. The molecular weight excluding hydrogens is 316 g/mol. The normalized spacial score (nSPS) is 13.6. The highest BCUT2D eigenvalue weighted by Crippen LogP contribution is 2.11. The minimum atomic E-state index is -0.575. The van der Waals surface area contributed by atoms with E-state index in [1.165, 1.54) is 0 Å². The Bertz CT molecular complexity index is 531. The fourth-order valence-corrected chi connectivity index (χ4v) is 2.59. The summed E-state index contributed by atoms with van der Waals surface area (Å²) in [5.74, 6) is 0.0108. The quantitative estimate of drug-likeness (QED) is 0.518. The molecule has 25 heavy (non-hydrogen) atoms. The van der Waals surface area contributed by atoms with Gasteiger partial charge < -0.3 is 21.7 Å². The maximum atomic E-state index is 12.6. The summed E-state index contributed by atoms with van der Waals surface area (Å²) in [5, 5.41) is 8.92. The number of nitrogens with two attached hydrogens (primary N) is 1. The van der Waals surface area contributed by atoms with Gasteiger partial charge in [-0.25, -0.2) is 0 Å². The molecule has 0 aliphatic heterocycles. The van der Waals surface area contributed by atoms with Crippen LogP contribution in [-0.2, 0) is 9.59 Å². The van der Waals surface area contributed by atoms with E-state index in [1.54, 1.807) is 0 Å². The minimum Gasteiger partial charge on any atom is -0.343 e. The minimum absolute atomic E-state index is 0.100. The summed E-state index contributed by atoms with van der Waals surface area (Å²) in [6.45, 7) is 9.01. The van der Waals surface area contributed by atoms with Crippen LogP contribution in [0.4, 0.5) is 5.69 Å². The third kappa shape index (κ3) is 7.67. The monoisotopic (exact) mass is 348 g/mol. The van der Waals surface area contributed by atoms with E-state index >= 15 is 0 Å². The number of para-hydroxylation sites is 1. The van der Waals surface area contributed by atoms with Crippen LogP contribution in [-0.4, -0.2) is 37.0 Å². The fourth-order valence-electron chi connectivity index (χ4n) is 2.59. The lowest BCUT2D eigenvalue weighted by atomic mass is 10.00. The van der Waals surface area contributed by atoms with Crippen molar-refractivity contribution in [2.75, 3.05) is 18.4 Å². The number of nitrogens with one attached hydrogen (secondary N) is 3. The molecule has 1 rings (SSSR count). The standard InChI is InChI=1S/C19H32N4O2/c1-13(2)12-16(18(24)22-15-8-6-5-7-9-15)23-19(25)17(14(3)4)21-11-10-20/h5-9,13-14,16-17,21H,10-12,20H2,1-4H3,(H,22,24)(H,23,25). The summed E-state index contributed by atoms with van der Waals surface area (Å²) in [5.41, 5.74) is 6.24. The summed E-state index contributed by atoms with van der Waals surface area (Å²) in [6, 6.07) is 8.31. The number of rotatable bonds is 10. The van der Waals surface area contributed by atoms with E-state index in [0.717, 1.165) is 5.69 Å². The van der Waals surface area contributed by atoms with Crippen LogP contribution in [0.5, 0.6) is 0 Å². The summed E-state index contributed by atoms with van der Waals surface area (Å²) in [4.78, 5) is 25.3. The van der Waals surface area contributed by atoms with Gasteiger partial charge in [-0.15, -0.1) is 0 Å². The van der Waals surface area contributed by atoms with Gasteiger partial charge in [-0.2, -0.15) is 0 Å². The molecule has 2 atom stereocenters. The lowest BCUT2D eigenvalue weighted by Crippen LogP contribution is -2.54. The molecule has 0 bridgehead atoms. The number of carbonyl (C=O) groups is 2. The van der Waals surface area contributed by atoms with E-state index in [2.05, 4.69) is 16.0 Å². The molecule has 1 aromatic carbocycles. The molecule has 5 N–H and O–H groups in total. The lowest BCUT2D eigenvalue weighted by Gasteiger charge is -2.26. The second-order valence-corrected chi connectivity index (χ2v) is 7.01. The van der Waals surface area contributed by atoms with E-state index in [1.807, 2.05) is 58.0 Å². The van der Waals surface area contributed by atoms with Crippen LogP contribution in [0, 0.1) is 11.8 Å². The zero-order valence-corrected chi connectivity index (χ0v) is 15.7. The highest BCUT2D eigenvalue weighted by Gasteiger charge is 2.27. The summed E-state index contributed by atoms with van der Waals surface area (Å²) in [6.07, 6.45) is 0.576. The van der Waals surface area contributed by atoms with Gasteiger partial charge in [0.2, 0.25) is 11.8 Å². The Hall–Kier alpha value is -1.92. The first kappa shape index (κ1) is 21.1. The number of carbonyl (C=O) groups excluding carboxylic acids is 2. The number of anilines is 1. The van der Waals surface area contributed by atoms with Gasteiger partial charge in [0.1, 0.15) is 6.04 Å². The van der Waals surface area contributed by atoms with E-state index in [-0.39, 0.29) is 29.7 Å². The van der Waals surface area contributed by atoms with Gasteiger partial charge in [0.15, 0.2) is 0 Å². The molecule has 0 aromatic heterocycles. The first-order chi connectivity index (χ1) is 11.8. The van der Waals surface area contributed by atoms with Crippen molar-refractivity contribution < 1.29 is 9.59 Å². The van der Waals surface area contributed by atoms with Crippen molar-refractivity contribution >= 4 is 17.5 Å². The topological polar surface area (TPSA) is 96.2 Å². The highest BCUT2D eigenvalue weighted by atomic mass is 16.2. The molecule has 0 radical (unpaired) electrons. The second kappa shape index (κ2) is 10.8. The van der Waals surface area contributed by atoms with Gasteiger partial charge in [-0.05, 0) is 30.4 Å². The third-order valence-electron chi connectivity index (χ3n) is 3.84. The fraction of sp³-hybridized carbons (Fsp3) is 0.579. The number of amides is 2. The summed E-state index contributed by atoms with van der Waals surface area (Å²) >= 11 is 0. The van der Waals surface area contributed by atoms with E-state index in [0.29, 0.717) is 19.5 Å². The average Bonchev–Trinajstić information content (AvgIpc) is 2.54. The molecule has 0 aliphatic carbocycles. The molecule has 2 unspecified atom stereocenters. The lowest BCUT2D eigenvalue weighted by molar-refractivity contribution is -0.129. The van der Waals surface area contributed by atoms with Crippen LogP contribution in [0.1, 0.15) is 34.1 Å². The average molecular weight is 348 g/mol. The first-order valence-corrected chi connectivity index (χ1v) is 8.94. The van der Waals surface area contributed by atoms with Crippen LogP contribution >= 0.6 is 0 Å². The summed E-state index contributed by atoms with van der Waals surface area (Å²) in [7, 11) is 0. The van der Waals surface area contributed by atoms with E-state index in [9.17, 15) is 9.59 Å². The van der Waals surface area contributed by atoms with Crippen molar-refractivity contribution in [2.24, 2.45) is 17.6 Å². The molecule has 0 fully saturated rings. The summed E-state index contributed by atoms with van der Waals surface area (Å²) < 4.78 is 0. The van der Waals surface area contributed by atoms with E-state index < -0.39 is 6.04 Å². The number of hydrogen-bond acceptors (Lipinski definition) is 4. The predicted octanol–water partition coefficient (Wildman–Crippen LogP) is 1.73. The molecule has 0 heterocycles. The largest absolute Gasteiger partial charge is 0.343 e. The van der Waals surface area contributed by atoms with Crippen LogP contribution < -0.4 is 21.7 Å². The van der Waals surface area contributed by atoms with Crippen molar-refractivity contribution in [2.45, 2.75) is 46.2 Å². The van der Waals surface area contributed by atoms with Crippen LogP contribution in [0.15, 0.2) is 30.3 Å². The zero-order valence-electron chi connectivity index (χ0n) is 15.7. The molecule has 0 saturated carbocycles. The van der Waals surface area contributed by atoms with Crippen LogP contribution in [0.3, 0.4) is 0 Å². The Kier molecular flexibility index (Phi) is 9.16. The van der Waals surface area contributed by atoms with Crippen molar-refractivity contribution in [1.82, 2.24) is 10.6 Å². The van der Waals surface area contributed by atoms with Crippen molar-refractivity contribution in [3.8, 4) is 0 Å². The third-order valence-corrected chi connectivity index (χ3v) is 3.84. The molecular formula is C19H32N4O2. The molecule has 140 valence electrons. The number of hydrogen-bond donors (Lipinski definition) is 4. The van der Waals surface area contributed by atoms with Gasteiger partial charge in [-0.3, -0.25) is 9.59 Å². The Morgan fingerprint density at radius 1 is 1.04 bits per heavy atom. The van der Waals surface area contributed by atoms with Crippen LogP contribution in [0.2, 0.25) is 0 Å². The van der Waals surface area contributed by atoms with Crippen molar-refractivity contribution in [3.05, 3.63) is 30.3 Å². The Labute approximate surface area is 150 Å². The molecule has 0 spiro atoms. The second-order valence-electron chi connectivity index (χ2n) is 7.01. The Morgan fingerprint density at radius 3 is 2.20 bits per heavy atom. The van der Waals surface area contributed by atoms with Crippen molar-refractivity contribution in [1.29, 1.82) is 0 Å². The van der Waals surface area contributed by atoms with Gasteiger partial charge in [0, 0.05) is 18.8 Å². The maximum Gasteiger partial charge on any atom is 0.246 e. The van der Waals surface area contributed by atoms with Gasteiger partial charge in [0.05, 0.1) is 6.04 Å². The van der Waals surface area contributed by atoms with Crippen LogP contribution in [0.25, 0.3) is 0 Å². The predicted molar refractivity (Wildman–Crippen MR) is 102 cm³/mol. The zero-order chi connectivity index (χ0) is 18.8. The van der Waals surface area contributed by atoms with E-state index in [4.69, 9.17) is 5.73 Å². The molecule has 2 amide bonds. The maximum absolute atomic E-state index is 12.6.